The SMILES string of the molecule is CCNCC1CCN(c2c(F)cc3c(=O)c4c(=O)[nH]sc4n4c3c2OCC4C)C1. The van der Waals surface area contributed by atoms with Crippen LogP contribution in [0.1, 0.15) is 26.3 Å². The van der Waals surface area contributed by atoms with Crippen LogP contribution < -0.4 is 25.9 Å². The van der Waals surface area contributed by atoms with Crippen molar-refractivity contribution in [2.24, 2.45) is 5.92 Å². The van der Waals surface area contributed by atoms with Gasteiger partial charge in [0.25, 0.3) is 5.56 Å². The van der Waals surface area contributed by atoms with Crippen LogP contribution in [0.3, 0.4) is 0 Å². The van der Waals surface area contributed by atoms with Crippen molar-refractivity contribution in [3.8, 4) is 5.75 Å². The molecule has 0 amide bonds. The Bertz CT molecular complexity index is 1230. The number of nitrogens with one attached hydrogen (secondary N) is 2. The van der Waals surface area contributed by atoms with Gasteiger partial charge >= 0.3 is 0 Å². The normalized spacial score (nSPS) is 21.3. The summed E-state index contributed by atoms with van der Waals surface area (Å²) < 4.78 is 25.9. The lowest BCUT2D eigenvalue weighted by molar-refractivity contribution is 0.250. The van der Waals surface area contributed by atoms with Crippen molar-refractivity contribution < 1.29 is 9.13 Å². The average Bonchev–Trinajstić information content (AvgIpc) is 3.32. The Kier molecular flexibility index (Phi) is 4.40. The molecule has 0 bridgehead atoms. The van der Waals surface area contributed by atoms with E-state index in [2.05, 4.69) is 16.6 Å². The number of hydrogen-bond acceptors (Lipinski definition) is 6. The third kappa shape index (κ3) is 2.71. The number of fused-ring (bicyclic) bond motifs is 2. The standard InChI is InChI=1S/C20H23FN4O3S/c1-3-22-7-11-4-5-24(8-11)16-13(21)6-12-15-18(16)28-9-10(2)25(15)20-14(17(12)26)19(27)23-29-20/h6,10-11,22H,3-5,7-9H2,1-2H3,(H,23,27). The molecule has 7 nitrogen and oxygen atoms in total. The maximum Gasteiger partial charge on any atom is 0.271 e. The second-order valence-corrected chi connectivity index (χ2v) is 8.71. The molecule has 0 radical (unpaired) electrons. The fraction of sp³-hybridized carbons (Fsp3) is 0.500. The molecule has 154 valence electrons. The fourth-order valence-electron chi connectivity index (χ4n) is 4.60. The third-order valence-corrected chi connectivity index (χ3v) is 6.87. The van der Waals surface area contributed by atoms with Crippen LogP contribution in [0.5, 0.6) is 5.75 Å². The molecular weight excluding hydrogens is 395 g/mol. The summed E-state index contributed by atoms with van der Waals surface area (Å²) in [6.45, 7) is 7.70. The van der Waals surface area contributed by atoms with E-state index in [9.17, 15) is 9.59 Å². The number of anilines is 1. The molecule has 2 atom stereocenters. The molecule has 9 heteroatoms. The first-order valence-electron chi connectivity index (χ1n) is 10.0. The summed E-state index contributed by atoms with van der Waals surface area (Å²) >= 11 is 1.15. The Morgan fingerprint density at radius 2 is 2.24 bits per heavy atom. The van der Waals surface area contributed by atoms with Crippen LogP contribution in [-0.4, -0.2) is 41.7 Å². The zero-order valence-electron chi connectivity index (χ0n) is 16.4. The van der Waals surface area contributed by atoms with Gasteiger partial charge in [0.1, 0.15) is 22.5 Å². The smallest absolute Gasteiger partial charge is 0.271 e. The first-order valence-corrected chi connectivity index (χ1v) is 10.8. The number of benzene rings is 1. The van der Waals surface area contributed by atoms with Gasteiger partial charge in [-0.1, -0.05) is 6.92 Å². The summed E-state index contributed by atoms with van der Waals surface area (Å²) in [4.78, 5) is 27.8. The van der Waals surface area contributed by atoms with Gasteiger partial charge in [0.2, 0.25) is 5.43 Å². The zero-order valence-corrected chi connectivity index (χ0v) is 17.2. The molecule has 2 aromatic heterocycles. The molecule has 0 saturated carbocycles. The van der Waals surface area contributed by atoms with Crippen LogP contribution >= 0.6 is 11.5 Å². The van der Waals surface area contributed by atoms with Crippen LogP contribution in [0.2, 0.25) is 0 Å². The number of halogens is 1. The Balaban J connectivity index is 1.75. The maximum atomic E-state index is 15.3. The van der Waals surface area contributed by atoms with Crippen molar-refractivity contribution in [2.75, 3.05) is 37.7 Å². The first-order chi connectivity index (χ1) is 14.0. The van der Waals surface area contributed by atoms with Gasteiger partial charge in [-0.25, -0.2) is 4.39 Å². The molecule has 4 heterocycles. The summed E-state index contributed by atoms with van der Waals surface area (Å²) in [5, 5.41) is 3.66. The van der Waals surface area contributed by atoms with Crippen molar-refractivity contribution in [3.63, 3.8) is 0 Å². The molecule has 2 aliphatic heterocycles. The summed E-state index contributed by atoms with van der Waals surface area (Å²) in [5.74, 6) is 0.391. The van der Waals surface area contributed by atoms with Crippen LogP contribution in [0.4, 0.5) is 10.1 Å². The van der Waals surface area contributed by atoms with Crippen molar-refractivity contribution in [1.29, 1.82) is 0 Å². The highest BCUT2D eigenvalue weighted by molar-refractivity contribution is 7.12. The first kappa shape index (κ1) is 18.6. The number of H-pyrrole nitrogens is 1. The van der Waals surface area contributed by atoms with Crippen LogP contribution in [-0.2, 0) is 0 Å². The molecule has 0 spiro atoms. The number of aromatic nitrogens is 2. The lowest BCUT2D eigenvalue weighted by Gasteiger charge is -2.31. The molecule has 0 aliphatic carbocycles. The zero-order chi connectivity index (χ0) is 20.3. The van der Waals surface area contributed by atoms with Crippen LogP contribution in [0, 0.1) is 11.7 Å². The van der Waals surface area contributed by atoms with Gasteiger partial charge in [0.05, 0.1) is 16.9 Å². The lowest BCUT2D eigenvalue weighted by atomic mass is 10.1. The van der Waals surface area contributed by atoms with Crippen LogP contribution in [0.25, 0.3) is 21.1 Å². The van der Waals surface area contributed by atoms with E-state index in [1.54, 1.807) is 0 Å². The van der Waals surface area contributed by atoms with Crippen molar-refractivity contribution in [1.82, 2.24) is 14.3 Å². The Morgan fingerprint density at radius 1 is 1.41 bits per heavy atom. The molecule has 5 rings (SSSR count). The van der Waals surface area contributed by atoms with Gasteiger partial charge in [-0.05, 0) is 50.0 Å². The molecule has 3 aromatic rings. The minimum absolute atomic E-state index is 0.0714. The van der Waals surface area contributed by atoms with E-state index >= 15 is 4.39 Å². The highest BCUT2D eigenvalue weighted by Gasteiger charge is 2.33. The molecule has 1 aromatic carbocycles. The average molecular weight is 418 g/mol. The maximum absolute atomic E-state index is 15.3. The Morgan fingerprint density at radius 3 is 3.03 bits per heavy atom. The second-order valence-electron chi connectivity index (χ2n) is 7.91. The van der Waals surface area contributed by atoms with Crippen molar-refractivity contribution >= 4 is 38.3 Å². The summed E-state index contributed by atoms with van der Waals surface area (Å²) in [6, 6.07) is 1.21. The lowest BCUT2D eigenvalue weighted by Crippen LogP contribution is -2.29. The predicted octanol–water partition coefficient (Wildman–Crippen LogP) is 2.43. The monoisotopic (exact) mass is 418 g/mol. The minimum Gasteiger partial charge on any atom is -0.487 e. The number of hydrogen-bond donors (Lipinski definition) is 2. The largest absolute Gasteiger partial charge is 0.487 e. The van der Waals surface area contributed by atoms with Gasteiger partial charge in [-0.15, -0.1) is 0 Å². The fourth-order valence-corrected chi connectivity index (χ4v) is 5.55. The van der Waals surface area contributed by atoms with E-state index < -0.39 is 16.8 Å². The number of nitrogens with zero attached hydrogens (tertiary/aromatic N) is 2. The second kappa shape index (κ2) is 6.84. The third-order valence-electron chi connectivity index (χ3n) is 5.99. The van der Waals surface area contributed by atoms with E-state index in [0.29, 0.717) is 34.3 Å². The summed E-state index contributed by atoms with van der Waals surface area (Å²) in [7, 11) is 0. The number of aromatic amines is 1. The molecule has 2 unspecified atom stereocenters. The summed E-state index contributed by atoms with van der Waals surface area (Å²) in [6.07, 6.45) is 0.978. The minimum atomic E-state index is -0.471. The number of rotatable bonds is 4. The van der Waals surface area contributed by atoms with E-state index in [4.69, 9.17) is 4.74 Å². The Labute approximate surface area is 170 Å². The highest BCUT2D eigenvalue weighted by atomic mass is 32.1. The van der Waals surface area contributed by atoms with E-state index in [-0.39, 0.29) is 16.8 Å². The van der Waals surface area contributed by atoms with Gasteiger partial charge < -0.3 is 19.5 Å². The van der Waals surface area contributed by atoms with E-state index in [1.165, 1.54) is 6.07 Å². The number of pyridine rings is 1. The van der Waals surface area contributed by atoms with Gasteiger partial charge in [0.15, 0.2) is 11.6 Å². The molecule has 2 aliphatic rings. The molecule has 2 N–H and O–H groups in total. The molecular formula is C20H23FN4O3S. The predicted molar refractivity (Wildman–Crippen MR) is 113 cm³/mol. The summed E-state index contributed by atoms with van der Waals surface area (Å²) in [5.41, 5.74) is 0.155. The highest BCUT2D eigenvalue weighted by Crippen LogP contribution is 2.44. The quantitative estimate of drug-likeness (QED) is 0.680. The number of ether oxygens (including phenoxy) is 1. The van der Waals surface area contributed by atoms with Crippen LogP contribution in [0.15, 0.2) is 15.7 Å². The van der Waals surface area contributed by atoms with Gasteiger partial charge in [-0.3, -0.25) is 14.0 Å². The van der Waals surface area contributed by atoms with E-state index in [0.717, 1.165) is 44.1 Å². The van der Waals surface area contributed by atoms with Crippen molar-refractivity contribution in [2.45, 2.75) is 26.3 Å². The van der Waals surface area contributed by atoms with E-state index in [1.807, 2.05) is 16.4 Å². The molecule has 29 heavy (non-hydrogen) atoms. The van der Waals surface area contributed by atoms with Gasteiger partial charge in [-0.2, -0.15) is 0 Å². The van der Waals surface area contributed by atoms with Crippen molar-refractivity contribution in [3.05, 3.63) is 32.5 Å². The van der Waals surface area contributed by atoms with Gasteiger partial charge in [0, 0.05) is 13.1 Å². The topological polar surface area (TPSA) is 79.4 Å². The molecule has 1 fully saturated rings. The molecule has 1 saturated heterocycles. The Hall–Kier alpha value is -2.39.